The Bertz CT molecular complexity index is 611. The van der Waals surface area contributed by atoms with Gasteiger partial charge in [-0.15, -0.1) is 0 Å². The van der Waals surface area contributed by atoms with Crippen LogP contribution in [0.5, 0.6) is 0 Å². The highest BCUT2D eigenvalue weighted by molar-refractivity contribution is 6.76. The van der Waals surface area contributed by atoms with Gasteiger partial charge in [0.25, 0.3) is 0 Å². The lowest BCUT2D eigenvalue weighted by molar-refractivity contribution is 0.0883. The summed E-state index contributed by atoms with van der Waals surface area (Å²) in [5.41, 5.74) is 1.29. The van der Waals surface area contributed by atoms with Gasteiger partial charge >= 0.3 is 7.12 Å². The Morgan fingerprint density at radius 3 is 2.73 bits per heavy atom. The first-order chi connectivity index (χ1) is 10.4. The van der Waals surface area contributed by atoms with Crippen molar-refractivity contribution >= 4 is 20.7 Å². The van der Waals surface area contributed by atoms with Gasteiger partial charge in [-0.3, -0.25) is 0 Å². The van der Waals surface area contributed by atoms with Crippen molar-refractivity contribution in [3.05, 3.63) is 36.7 Å². The van der Waals surface area contributed by atoms with Gasteiger partial charge in [-0.05, 0) is 11.5 Å². The number of hydrogen-bond acceptors (Lipinski definition) is 4. The summed E-state index contributed by atoms with van der Waals surface area (Å²) < 4.78 is 7.68. The van der Waals surface area contributed by atoms with E-state index in [1.54, 1.807) is 24.4 Å². The predicted molar refractivity (Wildman–Crippen MR) is 91.6 cm³/mol. The number of benzene rings is 1. The zero-order chi connectivity index (χ0) is 16.2. The van der Waals surface area contributed by atoms with Gasteiger partial charge in [-0.25, -0.2) is 4.98 Å². The molecule has 2 N–H and O–H groups in total. The Morgan fingerprint density at radius 2 is 2.05 bits per heavy atom. The molecule has 1 aromatic heterocycles. The second kappa shape index (κ2) is 7.24. The van der Waals surface area contributed by atoms with E-state index >= 15 is 0 Å². The monoisotopic (exact) mass is 318 g/mol. The third-order valence-electron chi connectivity index (χ3n) is 3.39. The molecule has 1 heterocycles. The third-order valence-corrected chi connectivity index (χ3v) is 5.09. The van der Waals surface area contributed by atoms with Crippen molar-refractivity contribution in [2.45, 2.75) is 32.4 Å². The lowest BCUT2D eigenvalue weighted by Crippen LogP contribution is -2.29. The molecule has 0 fully saturated rings. The van der Waals surface area contributed by atoms with Gasteiger partial charge in [0.05, 0.1) is 0 Å². The van der Waals surface area contributed by atoms with Crippen molar-refractivity contribution in [1.29, 1.82) is 0 Å². The predicted octanol–water partition coefficient (Wildman–Crippen LogP) is 1.54. The molecular weight excluding hydrogens is 295 g/mol. The van der Waals surface area contributed by atoms with Crippen LogP contribution >= 0.6 is 0 Å². The van der Waals surface area contributed by atoms with Gasteiger partial charge in [0, 0.05) is 32.6 Å². The molecule has 0 aliphatic rings. The van der Waals surface area contributed by atoms with Gasteiger partial charge in [0.15, 0.2) is 0 Å². The molecule has 0 aliphatic heterocycles. The highest BCUT2D eigenvalue weighted by Gasteiger charge is 2.14. The Balaban J connectivity index is 2.05. The maximum Gasteiger partial charge on any atom is 0.488 e. The van der Waals surface area contributed by atoms with Crippen molar-refractivity contribution in [1.82, 2.24) is 9.55 Å². The molecular formula is C15H23BN2O3Si. The van der Waals surface area contributed by atoms with Crippen LogP contribution in [0, 0.1) is 0 Å². The third kappa shape index (κ3) is 4.81. The van der Waals surface area contributed by atoms with Crippen LogP contribution in [0.25, 0.3) is 11.4 Å². The Morgan fingerprint density at radius 1 is 1.27 bits per heavy atom. The Labute approximate surface area is 132 Å². The summed E-state index contributed by atoms with van der Waals surface area (Å²) in [7, 11) is -2.56. The van der Waals surface area contributed by atoms with Gasteiger partial charge < -0.3 is 19.4 Å². The minimum Gasteiger partial charge on any atom is -0.423 e. The molecule has 7 heteroatoms. The number of hydrogen-bond donors (Lipinski definition) is 2. The van der Waals surface area contributed by atoms with Crippen LogP contribution in [0.2, 0.25) is 25.7 Å². The fraction of sp³-hybridized carbons (Fsp3) is 0.400. The number of nitrogens with zero attached hydrogens (tertiary/aromatic N) is 2. The van der Waals surface area contributed by atoms with E-state index in [2.05, 4.69) is 24.6 Å². The van der Waals surface area contributed by atoms with E-state index in [9.17, 15) is 10.0 Å². The van der Waals surface area contributed by atoms with E-state index in [4.69, 9.17) is 4.74 Å². The van der Waals surface area contributed by atoms with E-state index in [0.29, 0.717) is 12.2 Å². The molecule has 118 valence electrons. The highest BCUT2D eigenvalue weighted by atomic mass is 28.3. The molecule has 0 spiro atoms. The van der Waals surface area contributed by atoms with Crippen LogP contribution < -0.4 is 5.46 Å². The number of ether oxygens (including phenoxy) is 1. The van der Waals surface area contributed by atoms with Crippen LogP contribution in [-0.4, -0.2) is 41.4 Å². The molecule has 0 saturated carbocycles. The zero-order valence-corrected chi connectivity index (χ0v) is 14.4. The fourth-order valence-corrected chi connectivity index (χ4v) is 2.81. The summed E-state index contributed by atoms with van der Waals surface area (Å²) in [5, 5.41) is 18.5. The smallest absolute Gasteiger partial charge is 0.423 e. The number of imidazole rings is 1. The number of aromatic nitrogens is 2. The van der Waals surface area contributed by atoms with Crippen LogP contribution in [-0.2, 0) is 11.5 Å². The zero-order valence-electron chi connectivity index (χ0n) is 13.4. The van der Waals surface area contributed by atoms with E-state index in [-0.39, 0.29) is 0 Å². The van der Waals surface area contributed by atoms with Crippen LogP contribution in [0.1, 0.15) is 0 Å². The van der Waals surface area contributed by atoms with Crippen LogP contribution in [0.15, 0.2) is 36.7 Å². The van der Waals surface area contributed by atoms with E-state index < -0.39 is 15.2 Å². The van der Waals surface area contributed by atoms with Gasteiger partial charge in [0.2, 0.25) is 0 Å². The molecule has 0 atom stereocenters. The second-order valence-electron chi connectivity index (χ2n) is 6.57. The molecule has 0 amide bonds. The normalized spacial score (nSPS) is 11.7. The first kappa shape index (κ1) is 17.0. The molecule has 1 aromatic carbocycles. The fourth-order valence-electron chi connectivity index (χ4n) is 2.05. The molecule has 22 heavy (non-hydrogen) atoms. The molecule has 2 rings (SSSR count). The maximum absolute atomic E-state index is 9.27. The quantitative estimate of drug-likeness (QED) is 0.600. The molecule has 2 aromatic rings. The summed E-state index contributed by atoms with van der Waals surface area (Å²) in [4.78, 5) is 4.34. The van der Waals surface area contributed by atoms with Gasteiger partial charge in [-0.1, -0.05) is 43.9 Å². The SMILES string of the molecule is C[Si](C)(C)CCOCn1ccnc1-c1cccc(B(O)O)c1. The molecule has 0 unspecified atom stereocenters. The summed E-state index contributed by atoms with van der Waals surface area (Å²) in [6.07, 6.45) is 3.59. The molecule has 5 nitrogen and oxygen atoms in total. The topological polar surface area (TPSA) is 67.5 Å². The number of rotatable bonds is 7. The molecule has 0 bridgehead atoms. The van der Waals surface area contributed by atoms with Crippen molar-refractivity contribution < 1.29 is 14.8 Å². The Kier molecular flexibility index (Phi) is 5.58. The van der Waals surface area contributed by atoms with Gasteiger partial charge in [-0.2, -0.15) is 0 Å². The van der Waals surface area contributed by atoms with Crippen molar-refractivity contribution in [2.75, 3.05) is 6.61 Å². The molecule has 0 aliphatic carbocycles. The summed E-state index contributed by atoms with van der Waals surface area (Å²) >= 11 is 0. The van der Waals surface area contributed by atoms with E-state index in [0.717, 1.165) is 24.0 Å². The standard InChI is InChI=1S/C15H23BN2O3Si/c1-22(2,3)10-9-21-12-18-8-7-17-15(18)13-5-4-6-14(11-13)16(19)20/h4-8,11,19-20H,9-10,12H2,1-3H3. The highest BCUT2D eigenvalue weighted by Crippen LogP contribution is 2.16. The minimum atomic E-state index is -1.48. The van der Waals surface area contributed by atoms with E-state index in [1.807, 2.05) is 16.8 Å². The largest absolute Gasteiger partial charge is 0.488 e. The average molecular weight is 318 g/mol. The Hall–Kier alpha value is -1.41. The molecule has 0 radical (unpaired) electrons. The van der Waals surface area contributed by atoms with Crippen LogP contribution in [0.3, 0.4) is 0 Å². The minimum absolute atomic E-state index is 0.450. The first-order valence-corrected chi connectivity index (χ1v) is 11.1. The second-order valence-corrected chi connectivity index (χ2v) is 12.2. The summed E-state index contributed by atoms with van der Waals surface area (Å²) in [6.45, 7) is 8.18. The van der Waals surface area contributed by atoms with Crippen molar-refractivity contribution in [3.63, 3.8) is 0 Å². The van der Waals surface area contributed by atoms with Crippen LogP contribution in [0.4, 0.5) is 0 Å². The van der Waals surface area contributed by atoms with Crippen molar-refractivity contribution in [3.8, 4) is 11.4 Å². The van der Waals surface area contributed by atoms with Crippen molar-refractivity contribution in [2.24, 2.45) is 0 Å². The lowest BCUT2D eigenvalue weighted by Gasteiger charge is -2.16. The summed E-state index contributed by atoms with van der Waals surface area (Å²) in [6, 6.07) is 8.21. The first-order valence-electron chi connectivity index (χ1n) is 7.42. The van der Waals surface area contributed by atoms with Gasteiger partial charge in [0.1, 0.15) is 12.6 Å². The molecule has 0 saturated heterocycles. The lowest BCUT2D eigenvalue weighted by atomic mass is 9.79. The summed E-state index contributed by atoms with van der Waals surface area (Å²) in [5.74, 6) is 0.760. The average Bonchev–Trinajstić information content (AvgIpc) is 2.91. The maximum atomic E-state index is 9.27. The van der Waals surface area contributed by atoms with E-state index in [1.165, 1.54) is 0 Å².